The van der Waals surface area contributed by atoms with Crippen LogP contribution in [0.1, 0.15) is 12.8 Å². The van der Waals surface area contributed by atoms with Crippen LogP contribution in [0.3, 0.4) is 0 Å². The van der Waals surface area contributed by atoms with E-state index in [0.29, 0.717) is 25.9 Å². The van der Waals surface area contributed by atoms with Crippen LogP contribution in [0.15, 0.2) is 5.29 Å². The van der Waals surface area contributed by atoms with Gasteiger partial charge < -0.3 is 0 Å². The number of rotatable bonds is 2. The summed E-state index contributed by atoms with van der Waals surface area (Å²) in [6.45, 7) is 0.824. The molecular weight excluding hydrogens is 150 g/mol. The second-order valence-electron chi connectivity index (χ2n) is 2.55. The highest BCUT2D eigenvalue weighted by molar-refractivity contribution is 4.68. The topological polar surface area (TPSA) is 75.8 Å². The summed E-state index contributed by atoms with van der Waals surface area (Å²) >= 11 is 0. The maximum Gasteiger partial charge on any atom is 0.216 e. The molecule has 0 aromatic heterocycles. The van der Waals surface area contributed by atoms with Crippen molar-refractivity contribution in [1.29, 1.82) is 0 Å². The van der Waals surface area contributed by atoms with Crippen LogP contribution in [0.25, 0.3) is 0 Å². The van der Waals surface area contributed by atoms with Crippen LogP contribution in [-0.2, 0) is 0 Å². The Morgan fingerprint density at radius 1 is 1.45 bits per heavy atom. The summed E-state index contributed by atoms with van der Waals surface area (Å²) in [5.74, 6) is 0. The first kappa shape index (κ1) is 7.90. The minimum Gasteiger partial charge on any atom is -0.264 e. The van der Waals surface area contributed by atoms with Crippen LogP contribution < -0.4 is 0 Å². The quantitative estimate of drug-likeness (QED) is 0.332. The highest BCUT2D eigenvalue weighted by Gasteiger charge is 2.26. The lowest BCUT2D eigenvalue weighted by atomic mass is 10.1. The second kappa shape index (κ2) is 3.27. The Bertz CT molecular complexity index is 164. The molecule has 11 heavy (non-hydrogen) atoms. The van der Waals surface area contributed by atoms with Crippen LogP contribution in [0.5, 0.6) is 0 Å². The molecule has 0 bridgehead atoms. The van der Waals surface area contributed by atoms with E-state index in [1.165, 1.54) is 5.01 Å². The van der Waals surface area contributed by atoms with E-state index in [0.717, 1.165) is 0 Å². The van der Waals surface area contributed by atoms with Gasteiger partial charge in [0.05, 0.1) is 5.29 Å². The van der Waals surface area contributed by atoms with Gasteiger partial charge in [-0.05, 0) is 0 Å². The van der Waals surface area contributed by atoms with Crippen molar-refractivity contribution < 1.29 is 4.92 Å². The van der Waals surface area contributed by atoms with Gasteiger partial charge in [-0.2, -0.15) is 0 Å². The van der Waals surface area contributed by atoms with Crippen LogP contribution in [0.2, 0.25) is 0 Å². The van der Waals surface area contributed by atoms with Gasteiger partial charge in [-0.25, -0.2) is 0 Å². The normalized spacial score (nSPS) is 19.8. The standard InChI is InChI=1S/C5H9N3O3/c9-6-7-3-1-5(2-4-7)8(10)11/h5H,1-4H2. The summed E-state index contributed by atoms with van der Waals surface area (Å²) in [6.07, 6.45) is 0.859. The lowest BCUT2D eigenvalue weighted by molar-refractivity contribution is -0.526. The third-order valence-electron chi connectivity index (χ3n) is 1.85. The zero-order valence-corrected chi connectivity index (χ0v) is 5.97. The molecule has 1 rings (SSSR count). The molecular formula is C5H9N3O3. The van der Waals surface area contributed by atoms with Crippen molar-refractivity contribution in [2.24, 2.45) is 5.29 Å². The summed E-state index contributed by atoms with van der Waals surface area (Å²) in [6, 6.07) is -0.479. The molecule has 1 aliphatic heterocycles. The largest absolute Gasteiger partial charge is 0.264 e. The third-order valence-corrected chi connectivity index (χ3v) is 1.85. The number of hydrogen-bond acceptors (Lipinski definition) is 4. The Kier molecular flexibility index (Phi) is 2.35. The SMILES string of the molecule is O=NN1CCC([N+](=O)[O-])CC1. The highest BCUT2D eigenvalue weighted by atomic mass is 16.6. The number of nitroso groups, excluding NO2 is 1. The Balaban J connectivity index is 2.35. The Morgan fingerprint density at radius 2 is 2.00 bits per heavy atom. The number of piperidine rings is 1. The van der Waals surface area contributed by atoms with Crippen LogP contribution in [0.4, 0.5) is 0 Å². The lowest BCUT2D eigenvalue weighted by Gasteiger charge is -2.22. The molecule has 0 unspecified atom stereocenters. The van der Waals surface area contributed by atoms with E-state index in [-0.39, 0.29) is 4.92 Å². The molecule has 0 aromatic rings. The fraction of sp³-hybridized carbons (Fsp3) is 1.00. The fourth-order valence-corrected chi connectivity index (χ4v) is 1.14. The molecule has 0 aromatic carbocycles. The number of hydrogen-bond donors (Lipinski definition) is 0. The average molecular weight is 159 g/mol. The molecule has 0 spiro atoms. The summed E-state index contributed by atoms with van der Waals surface area (Å²) in [4.78, 5) is 19.9. The van der Waals surface area contributed by atoms with E-state index in [2.05, 4.69) is 5.29 Å². The third kappa shape index (κ3) is 1.86. The van der Waals surface area contributed by atoms with Gasteiger partial charge in [0.2, 0.25) is 6.04 Å². The van der Waals surface area contributed by atoms with Crippen molar-refractivity contribution >= 4 is 0 Å². The zero-order valence-electron chi connectivity index (χ0n) is 5.97. The predicted molar refractivity (Wildman–Crippen MR) is 37.4 cm³/mol. The molecule has 1 aliphatic rings. The van der Waals surface area contributed by atoms with Crippen molar-refractivity contribution in [2.45, 2.75) is 18.9 Å². The Hall–Kier alpha value is -1.20. The maximum absolute atomic E-state index is 10.2. The van der Waals surface area contributed by atoms with E-state index < -0.39 is 6.04 Å². The molecule has 1 fully saturated rings. The molecule has 62 valence electrons. The van der Waals surface area contributed by atoms with Crippen molar-refractivity contribution in [3.8, 4) is 0 Å². The van der Waals surface area contributed by atoms with Crippen LogP contribution >= 0.6 is 0 Å². The van der Waals surface area contributed by atoms with Gasteiger partial charge >= 0.3 is 0 Å². The van der Waals surface area contributed by atoms with Crippen molar-refractivity contribution in [1.82, 2.24) is 5.01 Å². The molecule has 0 saturated carbocycles. The molecule has 0 amide bonds. The molecule has 0 radical (unpaired) electrons. The zero-order chi connectivity index (χ0) is 8.27. The summed E-state index contributed by atoms with van der Waals surface area (Å²) in [5, 5.41) is 14.2. The maximum atomic E-state index is 10.2. The molecule has 6 nitrogen and oxygen atoms in total. The fourth-order valence-electron chi connectivity index (χ4n) is 1.14. The van der Waals surface area contributed by atoms with E-state index in [1.54, 1.807) is 0 Å². The molecule has 0 atom stereocenters. The van der Waals surface area contributed by atoms with E-state index in [4.69, 9.17) is 0 Å². The second-order valence-corrected chi connectivity index (χ2v) is 2.55. The summed E-state index contributed by atoms with van der Waals surface area (Å²) in [5.41, 5.74) is 0. The molecule has 6 heteroatoms. The predicted octanol–water partition coefficient (Wildman–Crippen LogP) is 0.409. The van der Waals surface area contributed by atoms with Crippen molar-refractivity contribution in [3.63, 3.8) is 0 Å². The average Bonchev–Trinajstić information content (AvgIpc) is 2.05. The van der Waals surface area contributed by atoms with Gasteiger partial charge in [0, 0.05) is 30.9 Å². The van der Waals surface area contributed by atoms with E-state index in [1.807, 2.05) is 0 Å². The van der Waals surface area contributed by atoms with Crippen molar-refractivity contribution in [2.75, 3.05) is 13.1 Å². The van der Waals surface area contributed by atoms with E-state index >= 15 is 0 Å². The lowest BCUT2D eigenvalue weighted by Crippen LogP contribution is -2.35. The van der Waals surface area contributed by atoms with Gasteiger partial charge in [-0.1, -0.05) is 0 Å². The first-order chi connectivity index (χ1) is 5.24. The van der Waals surface area contributed by atoms with Crippen LogP contribution in [-0.4, -0.2) is 29.1 Å². The first-order valence-corrected chi connectivity index (χ1v) is 3.45. The summed E-state index contributed by atoms with van der Waals surface area (Å²) < 4.78 is 0. The first-order valence-electron chi connectivity index (χ1n) is 3.45. The van der Waals surface area contributed by atoms with Gasteiger partial charge in [0.1, 0.15) is 0 Å². The van der Waals surface area contributed by atoms with Gasteiger partial charge in [-0.15, -0.1) is 4.91 Å². The molecule has 0 aliphatic carbocycles. The van der Waals surface area contributed by atoms with Crippen molar-refractivity contribution in [3.05, 3.63) is 15.0 Å². The summed E-state index contributed by atoms with van der Waals surface area (Å²) in [7, 11) is 0. The minimum absolute atomic E-state index is 0.290. The molecule has 1 saturated heterocycles. The van der Waals surface area contributed by atoms with Gasteiger partial charge in [0.15, 0.2) is 0 Å². The Morgan fingerprint density at radius 3 is 2.36 bits per heavy atom. The van der Waals surface area contributed by atoms with Gasteiger partial charge in [-0.3, -0.25) is 15.1 Å². The minimum atomic E-state index is -0.479. The molecule has 0 N–H and O–H groups in total. The highest BCUT2D eigenvalue weighted by Crippen LogP contribution is 2.12. The number of nitro groups is 1. The Labute approximate surface area is 63.3 Å². The number of nitrogens with zero attached hydrogens (tertiary/aromatic N) is 3. The van der Waals surface area contributed by atoms with Crippen LogP contribution in [0, 0.1) is 15.0 Å². The van der Waals surface area contributed by atoms with Gasteiger partial charge in [0.25, 0.3) is 0 Å². The monoisotopic (exact) mass is 159 g/mol. The smallest absolute Gasteiger partial charge is 0.216 e. The molecule has 1 heterocycles. The van der Waals surface area contributed by atoms with E-state index in [9.17, 15) is 15.0 Å².